The Hall–Kier alpha value is -3.09. The van der Waals surface area contributed by atoms with E-state index in [4.69, 9.17) is 9.47 Å². The summed E-state index contributed by atoms with van der Waals surface area (Å²) in [6, 6.07) is 11.4. The summed E-state index contributed by atoms with van der Waals surface area (Å²) in [5.41, 5.74) is 0.956. The fourth-order valence-corrected chi connectivity index (χ4v) is 2.43. The van der Waals surface area contributed by atoms with E-state index < -0.39 is 4.92 Å². The van der Waals surface area contributed by atoms with Gasteiger partial charge in [0.15, 0.2) is 0 Å². The minimum atomic E-state index is -0.532. The van der Waals surface area contributed by atoms with Crippen molar-refractivity contribution < 1.29 is 19.2 Å². The standard InChI is InChI=1S/C18H20N2O5/c1-4-19(12-13-5-8-15(24-2)9-6-13)18(21)16-11-14(20(22)23)7-10-17(16)25-3/h5-11H,4,12H2,1-3H3. The molecule has 2 rings (SSSR count). The number of hydrogen-bond donors (Lipinski definition) is 0. The van der Waals surface area contributed by atoms with Crippen LogP contribution in [0.3, 0.4) is 0 Å². The van der Waals surface area contributed by atoms with Crippen LogP contribution in [-0.4, -0.2) is 36.5 Å². The van der Waals surface area contributed by atoms with Crippen molar-refractivity contribution in [3.8, 4) is 11.5 Å². The molecule has 0 spiro atoms. The molecule has 0 aliphatic carbocycles. The van der Waals surface area contributed by atoms with Crippen molar-refractivity contribution in [3.05, 3.63) is 63.7 Å². The van der Waals surface area contributed by atoms with Crippen LogP contribution < -0.4 is 9.47 Å². The molecule has 2 aromatic carbocycles. The van der Waals surface area contributed by atoms with Gasteiger partial charge in [-0.15, -0.1) is 0 Å². The summed E-state index contributed by atoms with van der Waals surface area (Å²) in [7, 11) is 3.02. The first-order valence-electron chi connectivity index (χ1n) is 7.74. The van der Waals surface area contributed by atoms with Gasteiger partial charge in [-0.3, -0.25) is 14.9 Å². The normalized spacial score (nSPS) is 10.2. The number of carbonyl (C=O) groups is 1. The van der Waals surface area contributed by atoms with Crippen molar-refractivity contribution >= 4 is 11.6 Å². The fourth-order valence-electron chi connectivity index (χ4n) is 2.43. The van der Waals surface area contributed by atoms with Crippen LogP contribution >= 0.6 is 0 Å². The maximum absolute atomic E-state index is 12.9. The Balaban J connectivity index is 2.29. The molecule has 25 heavy (non-hydrogen) atoms. The van der Waals surface area contributed by atoms with E-state index in [9.17, 15) is 14.9 Å². The number of nitro groups is 1. The Labute approximate surface area is 145 Å². The summed E-state index contributed by atoms with van der Waals surface area (Å²) in [5.74, 6) is 0.723. The third kappa shape index (κ3) is 4.26. The van der Waals surface area contributed by atoms with Gasteiger partial charge in [0.25, 0.3) is 11.6 Å². The molecule has 1 amide bonds. The van der Waals surface area contributed by atoms with Gasteiger partial charge in [-0.1, -0.05) is 12.1 Å². The molecule has 0 radical (unpaired) electrons. The maximum Gasteiger partial charge on any atom is 0.270 e. The van der Waals surface area contributed by atoms with E-state index in [1.807, 2.05) is 31.2 Å². The highest BCUT2D eigenvalue weighted by molar-refractivity contribution is 5.97. The van der Waals surface area contributed by atoms with Crippen molar-refractivity contribution in [2.24, 2.45) is 0 Å². The van der Waals surface area contributed by atoms with Gasteiger partial charge in [-0.2, -0.15) is 0 Å². The van der Waals surface area contributed by atoms with Gasteiger partial charge in [0.2, 0.25) is 0 Å². The molecule has 132 valence electrons. The highest BCUT2D eigenvalue weighted by Gasteiger charge is 2.22. The Morgan fingerprint density at radius 1 is 1.12 bits per heavy atom. The first-order chi connectivity index (χ1) is 12.0. The lowest BCUT2D eigenvalue weighted by atomic mass is 10.1. The van der Waals surface area contributed by atoms with Crippen LogP contribution in [0.25, 0.3) is 0 Å². The van der Waals surface area contributed by atoms with Crippen LogP contribution in [0.4, 0.5) is 5.69 Å². The lowest BCUT2D eigenvalue weighted by Crippen LogP contribution is -2.30. The summed E-state index contributed by atoms with van der Waals surface area (Å²) < 4.78 is 10.3. The van der Waals surface area contributed by atoms with Crippen LogP contribution in [0, 0.1) is 10.1 Å². The zero-order valence-corrected chi connectivity index (χ0v) is 14.4. The Bertz CT molecular complexity index is 759. The predicted molar refractivity (Wildman–Crippen MR) is 93.1 cm³/mol. The van der Waals surface area contributed by atoms with Crippen LogP contribution in [0.5, 0.6) is 11.5 Å². The van der Waals surface area contributed by atoms with E-state index in [-0.39, 0.29) is 17.2 Å². The fraction of sp³-hybridized carbons (Fsp3) is 0.278. The summed E-state index contributed by atoms with van der Waals surface area (Å²) in [4.78, 5) is 24.9. The van der Waals surface area contributed by atoms with Crippen molar-refractivity contribution in [2.45, 2.75) is 13.5 Å². The molecular formula is C18H20N2O5. The average Bonchev–Trinajstić information content (AvgIpc) is 2.65. The smallest absolute Gasteiger partial charge is 0.270 e. The Morgan fingerprint density at radius 3 is 2.32 bits per heavy atom. The molecule has 0 N–H and O–H groups in total. The molecule has 0 aliphatic heterocycles. The number of methoxy groups -OCH3 is 2. The van der Waals surface area contributed by atoms with Crippen molar-refractivity contribution in [3.63, 3.8) is 0 Å². The van der Waals surface area contributed by atoms with Gasteiger partial charge in [-0.05, 0) is 30.7 Å². The van der Waals surface area contributed by atoms with Crippen molar-refractivity contribution in [2.75, 3.05) is 20.8 Å². The minimum absolute atomic E-state index is 0.148. The molecule has 0 heterocycles. The lowest BCUT2D eigenvalue weighted by molar-refractivity contribution is -0.384. The first-order valence-corrected chi connectivity index (χ1v) is 7.74. The van der Waals surface area contributed by atoms with Crippen LogP contribution in [0.1, 0.15) is 22.8 Å². The van der Waals surface area contributed by atoms with Gasteiger partial charge in [0.1, 0.15) is 11.5 Å². The van der Waals surface area contributed by atoms with E-state index in [1.54, 1.807) is 12.0 Å². The van der Waals surface area contributed by atoms with Gasteiger partial charge in [0, 0.05) is 25.2 Å². The molecule has 0 bridgehead atoms. The zero-order chi connectivity index (χ0) is 18.4. The van der Waals surface area contributed by atoms with Gasteiger partial charge in [0.05, 0.1) is 24.7 Å². The second-order valence-electron chi connectivity index (χ2n) is 5.31. The third-order valence-corrected chi connectivity index (χ3v) is 3.83. The molecule has 0 fully saturated rings. The largest absolute Gasteiger partial charge is 0.497 e. The summed E-state index contributed by atoms with van der Waals surface area (Å²) in [5, 5.41) is 11.0. The Morgan fingerprint density at radius 2 is 1.80 bits per heavy atom. The van der Waals surface area contributed by atoms with Crippen LogP contribution in [-0.2, 0) is 6.54 Å². The number of hydrogen-bond acceptors (Lipinski definition) is 5. The van der Waals surface area contributed by atoms with E-state index in [2.05, 4.69) is 0 Å². The maximum atomic E-state index is 12.9. The monoisotopic (exact) mass is 344 g/mol. The zero-order valence-electron chi connectivity index (χ0n) is 14.4. The van der Waals surface area contributed by atoms with E-state index in [0.717, 1.165) is 11.3 Å². The molecule has 0 saturated carbocycles. The van der Waals surface area contributed by atoms with Crippen molar-refractivity contribution in [1.82, 2.24) is 4.90 Å². The van der Waals surface area contributed by atoms with Gasteiger partial charge in [-0.25, -0.2) is 0 Å². The van der Waals surface area contributed by atoms with Crippen molar-refractivity contribution in [1.29, 1.82) is 0 Å². The lowest BCUT2D eigenvalue weighted by Gasteiger charge is -2.22. The van der Waals surface area contributed by atoms with Crippen LogP contribution in [0.2, 0.25) is 0 Å². The summed E-state index contributed by atoms with van der Waals surface area (Å²) in [6.45, 7) is 2.69. The SMILES string of the molecule is CCN(Cc1ccc(OC)cc1)C(=O)c1cc([N+](=O)[O-])ccc1OC. The molecule has 7 heteroatoms. The molecule has 7 nitrogen and oxygen atoms in total. The minimum Gasteiger partial charge on any atom is -0.497 e. The molecule has 0 atom stereocenters. The Kier molecular flexibility index (Phi) is 5.94. The number of carbonyl (C=O) groups excluding carboxylic acids is 1. The average molecular weight is 344 g/mol. The molecule has 0 aromatic heterocycles. The quantitative estimate of drug-likeness (QED) is 0.569. The molecular weight excluding hydrogens is 324 g/mol. The highest BCUT2D eigenvalue weighted by Crippen LogP contribution is 2.26. The van der Waals surface area contributed by atoms with Crippen LogP contribution in [0.15, 0.2) is 42.5 Å². The summed E-state index contributed by atoms with van der Waals surface area (Å²) >= 11 is 0. The molecule has 0 aliphatic rings. The number of benzene rings is 2. The first kappa shape index (κ1) is 18.3. The topological polar surface area (TPSA) is 81.9 Å². The van der Waals surface area contributed by atoms with E-state index >= 15 is 0 Å². The number of non-ortho nitro benzene ring substituents is 1. The number of amides is 1. The second kappa shape index (κ2) is 8.14. The third-order valence-electron chi connectivity index (χ3n) is 3.83. The van der Waals surface area contributed by atoms with E-state index in [0.29, 0.717) is 18.8 Å². The van der Waals surface area contributed by atoms with Gasteiger partial charge < -0.3 is 14.4 Å². The molecule has 2 aromatic rings. The number of nitro benzene ring substituents is 1. The number of rotatable bonds is 7. The summed E-state index contributed by atoms with van der Waals surface area (Å²) in [6.07, 6.45) is 0. The number of ether oxygens (including phenoxy) is 2. The van der Waals surface area contributed by atoms with E-state index in [1.165, 1.54) is 25.3 Å². The predicted octanol–water partition coefficient (Wildman–Crippen LogP) is 3.27. The molecule has 0 saturated heterocycles. The second-order valence-corrected chi connectivity index (χ2v) is 5.31. The molecule has 0 unspecified atom stereocenters. The van der Waals surface area contributed by atoms with Gasteiger partial charge >= 0.3 is 0 Å². The number of nitrogens with zero attached hydrogens (tertiary/aromatic N) is 2. The highest BCUT2D eigenvalue weighted by atomic mass is 16.6.